The maximum Gasteiger partial charge on any atom is 1.00 e. The molecule has 0 atom stereocenters. The minimum Gasteiger partial charge on any atom is -1.00 e. The number of halogens is 3. The summed E-state index contributed by atoms with van der Waals surface area (Å²) in [4.78, 5) is 34.3. The molecule has 0 aliphatic rings. The zero-order valence-corrected chi connectivity index (χ0v) is 19.8. The standard InChI is InChI=1S/C15H14F3N5O7S.Na.H/c1-28-9-6-10(29-2)21-13(20-9)22-14(25)23-31(26,27)11-7(12(24)30-3)4-5-8(19-11)15(16,17)18;;/h4-6H,1-3H3,(H2,20,21,22,23,25);;/q;+1;-1. The molecule has 0 spiro atoms. The number of alkyl halides is 3. The van der Waals surface area contributed by atoms with Gasteiger partial charge in [-0.15, -0.1) is 0 Å². The van der Waals surface area contributed by atoms with Gasteiger partial charge in [0.15, 0.2) is 5.03 Å². The summed E-state index contributed by atoms with van der Waals surface area (Å²) >= 11 is 0. The predicted octanol–water partition coefficient (Wildman–Crippen LogP) is -1.68. The number of aromatic nitrogens is 3. The van der Waals surface area contributed by atoms with E-state index in [0.29, 0.717) is 12.1 Å². The number of methoxy groups -OCH3 is 3. The van der Waals surface area contributed by atoms with Crippen molar-refractivity contribution in [3.8, 4) is 11.8 Å². The van der Waals surface area contributed by atoms with Crippen LogP contribution in [0.1, 0.15) is 17.5 Å². The maximum absolute atomic E-state index is 13.0. The Bertz CT molecular complexity index is 1100. The fourth-order valence-electron chi connectivity index (χ4n) is 2.03. The molecule has 2 amide bonds. The Morgan fingerprint density at radius 1 is 1.03 bits per heavy atom. The molecule has 0 fully saturated rings. The number of carbonyl (C=O) groups excluding carboxylic acids is 2. The molecule has 2 aromatic heterocycles. The van der Waals surface area contributed by atoms with Crippen molar-refractivity contribution in [1.29, 1.82) is 0 Å². The topological polar surface area (TPSA) is 159 Å². The number of nitrogens with zero attached hydrogens (tertiary/aromatic N) is 3. The van der Waals surface area contributed by atoms with Gasteiger partial charge in [0.05, 0.1) is 33.0 Å². The number of hydrogen-bond donors (Lipinski definition) is 2. The molecule has 0 saturated carbocycles. The molecule has 2 aromatic rings. The first kappa shape index (κ1) is 27.3. The van der Waals surface area contributed by atoms with Gasteiger partial charge in [-0.2, -0.15) is 31.6 Å². The second-order valence-corrected chi connectivity index (χ2v) is 6.97. The fourth-order valence-corrected chi connectivity index (χ4v) is 3.09. The molecule has 12 nitrogen and oxygen atoms in total. The third kappa shape index (κ3) is 6.65. The van der Waals surface area contributed by atoms with Crippen molar-refractivity contribution in [2.75, 3.05) is 26.6 Å². The van der Waals surface area contributed by atoms with Gasteiger partial charge in [0.1, 0.15) is 5.69 Å². The summed E-state index contributed by atoms with van der Waals surface area (Å²) in [7, 11) is -1.69. The van der Waals surface area contributed by atoms with Crippen LogP contribution in [0.5, 0.6) is 11.8 Å². The Hall–Kier alpha value is -2.69. The molecule has 2 N–H and O–H groups in total. The number of nitrogens with one attached hydrogen (secondary N) is 2. The van der Waals surface area contributed by atoms with Gasteiger partial charge in [-0.1, -0.05) is 0 Å². The summed E-state index contributed by atoms with van der Waals surface area (Å²) in [6.07, 6.45) is -5.02. The Labute approximate surface area is 202 Å². The molecule has 0 saturated heterocycles. The van der Waals surface area contributed by atoms with E-state index < -0.39 is 50.4 Å². The van der Waals surface area contributed by atoms with Crippen LogP contribution in [0, 0.1) is 0 Å². The van der Waals surface area contributed by atoms with E-state index in [1.54, 1.807) is 0 Å². The van der Waals surface area contributed by atoms with E-state index in [1.165, 1.54) is 25.0 Å². The first-order valence-corrected chi connectivity index (χ1v) is 9.37. The molecule has 17 heteroatoms. The Morgan fingerprint density at radius 2 is 1.59 bits per heavy atom. The van der Waals surface area contributed by atoms with Crippen LogP contribution in [0.25, 0.3) is 0 Å². The monoisotopic (exact) mass is 489 g/mol. The van der Waals surface area contributed by atoms with E-state index in [0.717, 1.165) is 7.11 Å². The van der Waals surface area contributed by atoms with Crippen LogP contribution in [0.15, 0.2) is 23.2 Å². The predicted molar refractivity (Wildman–Crippen MR) is 96.2 cm³/mol. The molecule has 0 aliphatic carbocycles. The van der Waals surface area contributed by atoms with Crippen LogP contribution in [-0.4, -0.2) is 56.7 Å². The number of amides is 2. The van der Waals surface area contributed by atoms with E-state index in [2.05, 4.69) is 19.7 Å². The maximum atomic E-state index is 13.0. The van der Waals surface area contributed by atoms with Gasteiger partial charge in [0, 0.05) is 0 Å². The zero-order chi connectivity index (χ0) is 23.4. The van der Waals surface area contributed by atoms with Crippen LogP contribution in [0.2, 0.25) is 0 Å². The number of urea groups is 1. The van der Waals surface area contributed by atoms with E-state index in [9.17, 15) is 31.2 Å². The fraction of sp³-hybridized carbons (Fsp3) is 0.267. The van der Waals surface area contributed by atoms with E-state index in [-0.39, 0.29) is 42.7 Å². The normalized spacial score (nSPS) is 11.1. The average Bonchev–Trinajstić information content (AvgIpc) is 2.71. The summed E-state index contributed by atoms with van der Waals surface area (Å²) < 4.78 is 79.3. The van der Waals surface area contributed by atoms with Gasteiger partial charge < -0.3 is 15.6 Å². The summed E-state index contributed by atoms with van der Waals surface area (Å²) in [5.74, 6) is -1.83. The van der Waals surface area contributed by atoms with Crippen LogP contribution in [0.4, 0.5) is 23.9 Å². The quantitative estimate of drug-likeness (QED) is 0.355. The van der Waals surface area contributed by atoms with Crippen molar-refractivity contribution in [3.05, 3.63) is 29.5 Å². The van der Waals surface area contributed by atoms with Crippen molar-refractivity contribution >= 4 is 28.0 Å². The number of ether oxygens (including phenoxy) is 3. The molecule has 0 unspecified atom stereocenters. The largest absolute Gasteiger partial charge is 1.00 e. The molecule has 2 heterocycles. The van der Waals surface area contributed by atoms with Crippen molar-refractivity contribution < 1.29 is 76.4 Å². The third-order valence-corrected chi connectivity index (χ3v) is 4.63. The van der Waals surface area contributed by atoms with Crippen molar-refractivity contribution in [2.45, 2.75) is 11.2 Å². The zero-order valence-electron chi connectivity index (χ0n) is 18.0. The van der Waals surface area contributed by atoms with Gasteiger partial charge in [0.2, 0.25) is 17.7 Å². The first-order chi connectivity index (χ1) is 14.4. The third-order valence-electron chi connectivity index (χ3n) is 3.36. The molecular weight excluding hydrogens is 474 g/mol. The van der Waals surface area contributed by atoms with Gasteiger partial charge in [-0.05, 0) is 12.1 Å². The average molecular weight is 489 g/mol. The van der Waals surface area contributed by atoms with Crippen molar-refractivity contribution in [3.63, 3.8) is 0 Å². The SMILES string of the molecule is COC(=O)c1ccc(C(F)(F)F)nc1S(=O)(=O)NC(=O)Nc1nc(OC)cc(OC)n1.[H-].[Na+]. The summed E-state index contributed by atoms with van der Waals surface area (Å²) in [5.41, 5.74) is -2.43. The van der Waals surface area contributed by atoms with Crippen molar-refractivity contribution in [1.82, 2.24) is 19.7 Å². The molecule has 0 aliphatic heterocycles. The van der Waals surface area contributed by atoms with Gasteiger partial charge >= 0.3 is 47.7 Å². The molecule has 2 rings (SSSR count). The minimum absolute atomic E-state index is 0. The van der Waals surface area contributed by atoms with Crippen LogP contribution >= 0.6 is 0 Å². The van der Waals surface area contributed by atoms with Gasteiger partial charge in [-0.25, -0.2) is 19.3 Å². The first-order valence-electron chi connectivity index (χ1n) is 7.88. The van der Waals surface area contributed by atoms with Gasteiger partial charge in [0.25, 0.3) is 10.0 Å². The van der Waals surface area contributed by atoms with E-state index in [4.69, 9.17) is 9.47 Å². The number of rotatable bonds is 6. The summed E-state index contributed by atoms with van der Waals surface area (Å²) in [6, 6.07) is 0.742. The van der Waals surface area contributed by atoms with E-state index >= 15 is 0 Å². The summed E-state index contributed by atoms with van der Waals surface area (Å²) in [5, 5.41) is 0.580. The Kier molecular flexibility index (Phi) is 9.19. The van der Waals surface area contributed by atoms with Crippen LogP contribution in [0.3, 0.4) is 0 Å². The second-order valence-electron chi connectivity index (χ2n) is 5.37. The molecule has 32 heavy (non-hydrogen) atoms. The number of pyridine rings is 1. The smallest absolute Gasteiger partial charge is 1.00 e. The molecule has 0 bridgehead atoms. The molecule has 170 valence electrons. The minimum atomic E-state index is -5.07. The molecule has 0 radical (unpaired) electrons. The van der Waals surface area contributed by atoms with E-state index in [1.807, 2.05) is 5.32 Å². The van der Waals surface area contributed by atoms with Gasteiger partial charge in [-0.3, -0.25) is 5.32 Å². The molecule has 0 aromatic carbocycles. The van der Waals surface area contributed by atoms with Crippen LogP contribution in [-0.2, 0) is 20.9 Å². The van der Waals surface area contributed by atoms with Crippen molar-refractivity contribution in [2.24, 2.45) is 0 Å². The van der Waals surface area contributed by atoms with Crippen LogP contribution < -0.4 is 49.1 Å². The Morgan fingerprint density at radius 3 is 2.06 bits per heavy atom. The number of sulfonamides is 1. The summed E-state index contributed by atoms with van der Waals surface area (Å²) in [6.45, 7) is 0. The Balaban J connectivity index is 0.00000512. The second kappa shape index (κ2) is 10.8. The molecular formula is C15H15F3N5NaO7S. The number of esters is 1. The number of carbonyl (C=O) groups is 2. The number of hydrogen-bond acceptors (Lipinski definition) is 10. The number of anilines is 1.